The highest BCUT2D eigenvalue weighted by molar-refractivity contribution is 7.13. The maximum Gasteiger partial charge on any atom is 0.203 e. The number of methoxy groups -OCH3 is 3. The Kier molecular flexibility index (Phi) is 9.54. The van der Waals surface area contributed by atoms with Crippen molar-refractivity contribution in [3.05, 3.63) is 82.9 Å². The number of rotatable bonds is 10. The molecule has 1 aliphatic rings. The fraction of sp³-hybridized carbons (Fsp3) is 0.417. The zero-order valence-electron chi connectivity index (χ0n) is 25.9. The highest BCUT2D eigenvalue weighted by Crippen LogP contribution is 2.45. The smallest absolute Gasteiger partial charge is 0.203 e. The van der Waals surface area contributed by atoms with Gasteiger partial charge in [0.05, 0.1) is 27.0 Å². The Hall–Kier alpha value is -3.35. The van der Waals surface area contributed by atoms with Gasteiger partial charge < -0.3 is 14.2 Å². The lowest BCUT2D eigenvalue weighted by Gasteiger charge is -2.32. The quantitative estimate of drug-likeness (QED) is 0.187. The van der Waals surface area contributed by atoms with Crippen LogP contribution in [0.15, 0.2) is 66.0 Å². The zero-order valence-corrected chi connectivity index (χ0v) is 26.7. The van der Waals surface area contributed by atoms with Crippen LogP contribution >= 0.6 is 11.3 Å². The molecule has 3 aromatic carbocycles. The van der Waals surface area contributed by atoms with Crippen LogP contribution in [0.3, 0.4) is 0 Å². The van der Waals surface area contributed by atoms with E-state index in [1.165, 1.54) is 30.4 Å². The van der Waals surface area contributed by atoms with Crippen LogP contribution in [-0.2, 0) is 18.4 Å². The van der Waals surface area contributed by atoms with Crippen LogP contribution in [0.1, 0.15) is 56.9 Å². The number of hydrogen-bond acceptors (Lipinski definition) is 6. The Morgan fingerprint density at radius 3 is 2.38 bits per heavy atom. The molecule has 0 bridgehead atoms. The second-order valence-electron chi connectivity index (χ2n) is 12.3. The number of thiazole rings is 1. The van der Waals surface area contributed by atoms with Crippen molar-refractivity contribution in [2.24, 2.45) is 5.92 Å². The number of aromatic nitrogens is 1. The van der Waals surface area contributed by atoms with E-state index in [0.717, 1.165) is 59.4 Å². The van der Waals surface area contributed by atoms with Gasteiger partial charge in [0, 0.05) is 29.6 Å². The molecule has 0 amide bonds. The molecule has 2 heterocycles. The van der Waals surface area contributed by atoms with Crippen LogP contribution in [0.2, 0.25) is 0 Å². The third-order valence-corrected chi connectivity index (χ3v) is 9.27. The SMILES string of the molecule is COc1ccc(-c2cccc(-c3nc(CN4CCCC(CCc5ccc(C(C)(C)C)cc5)C4)cs3)c2)c(OC)c1OC. The number of benzene rings is 3. The summed E-state index contributed by atoms with van der Waals surface area (Å²) in [5.74, 6) is 2.65. The molecule has 5 rings (SSSR count). The predicted octanol–water partition coefficient (Wildman–Crippen LogP) is 8.65. The van der Waals surface area contributed by atoms with Gasteiger partial charge in [-0.05, 0) is 78.5 Å². The van der Waals surface area contributed by atoms with Gasteiger partial charge >= 0.3 is 0 Å². The van der Waals surface area contributed by atoms with Gasteiger partial charge in [0.2, 0.25) is 5.75 Å². The molecule has 42 heavy (non-hydrogen) atoms. The maximum absolute atomic E-state index is 5.74. The van der Waals surface area contributed by atoms with Gasteiger partial charge in [-0.1, -0.05) is 63.2 Å². The number of aryl methyl sites for hydroxylation is 1. The predicted molar refractivity (Wildman–Crippen MR) is 174 cm³/mol. The lowest BCUT2D eigenvalue weighted by atomic mass is 9.86. The first-order valence-corrected chi connectivity index (χ1v) is 15.8. The molecule has 222 valence electrons. The number of ether oxygens (including phenoxy) is 3. The van der Waals surface area contributed by atoms with Gasteiger partial charge in [-0.3, -0.25) is 4.90 Å². The molecule has 0 saturated carbocycles. The Balaban J connectivity index is 1.22. The lowest BCUT2D eigenvalue weighted by molar-refractivity contribution is 0.160. The van der Waals surface area contributed by atoms with Crippen LogP contribution in [-0.4, -0.2) is 44.3 Å². The van der Waals surface area contributed by atoms with Crippen LogP contribution in [0.4, 0.5) is 0 Å². The van der Waals surface area contributed by atoms with E-state index in [-0.39, 0.29) is 5.41 Å². The minimum Gasteiger partial charge on any atom is -0.493 e. The van der Waals surface area contributed by atoms with Crippen LogP contribution in [0.25, 0.3) is 21.7 Å². The van der Waals surface area contributed by atoms with E-state index in [9.17, 15) is 0 Å². The molecule has 1 aliphatic heterocycles. The fourth-order valence-electron chi connectivity index (χ4n) is 5.96. The molecule has 6 heteroatoms. The summed E-state index contributed by atoms with van der Waals surface area (Å²) in [6.45, 7) is 10.0. The molecule has 0 spiro atoms. The van der Waals surface area contributed by atoms with E-state index in [2.05, 4.69) is 79.6 Å². The van der Waals surface area contributed by atoms with E-state index in [1.807, 2.05) is 12.1 Å². The lowest BCUT2D eigenvalue weighted by Crippen LogP contribution is -2.35. The summed E-state index contributed by atoms with van der Waals surface area (Å²) in [6, 6.07) is 21.7. The normalized spacial score (nSPS) is 15.9. The third-order valence-electron chi connectivity index (χ3n) is 8.33. The van der Waals surface area contributed by atoms with Gasteiger partial charge in [0.15, 0.2) is 11.5 Å². The van der Waals surface area contributed by atoms with E-state index in [4.69, 9.17) is 19.2 Å². The number of hydrogen-bond donors (Lipinski definition) is 0. The highest BCUT2D eigenvalue weighted by Gasteiger charge is 2.22. The Morgan fingerprint density at radius 2 is 1.67 bits per heavy atom. The second-order valence-corrected chi connectivity index (χ2v) is 13.2. The van der Waals surface area contributed by atoms with E-state index in [1.54, 1.807) is 32.7 Å². The maximum atomic E-state index is 5.74. The monoisotopic (exact) mass is 584 g/mol. The standard InChI is InChI=1S/C36H44N2O3S/c1-36(2,3)29-16-14-25(15-17-29)12-13-26-9-8-20-38(22-26)23-30-24-42-35(37-30)28-11-7-10-27(21-28)31-18-19-32(39-4)34(41-6)33(31)40-5/h7,10-11,14-19,21,24,26H,8-9,12-13,20,22-23H2,1-6H3. The largest absolute Gasteiger partial charge is 0.493 e. The van der Waals surface area contributed by atoms with Crippen molar-refractivity contribution < 1.29 is 14.2 Å². The third kappa shape index (κ3) is 6.99. The summed E-state index contributed by atoms with van der Waals surface area (Å²) in [6.07, 6.45) is 5.00. The molecule has 0 N–H and O–H groups in total. The first kappa shape index (κ1) is 30.1. The molecule has 1 saturated heterocycles. The second kappa shape index (κ2) is 13.3. The van der Waals surface area contributed by atoms with Gasteiger partial charge in [0.25, 0.3) is 0 Å². The molecule has 1 unspecified atom stereocenters. The van der Waals surface area contributed by atoms with Crippen LogP contribution < -0.4 is 14.2 Å². The van der Waals surface area contributed by atoms with Crippen molar-refractivity contribution in [1.82, 2.24) is 9.88 Å². The number of piperidine rings is 1. The number of likely N-dealkylation sites (tertiary alicyclic amines) is 1. The van der Waals surface area contributed by atoms with Gasteiger partial charge in [-0.2, -0.15) is 0 Å². The van der Waals surface area contributed by atoms with Crippen molar-refractivity contribution >= 4 is 11.3 Å². The summed E-state index contributed by atoms with van der Waals surface area (Å²) >= 11 is 1.72. The molecule has 1 aromatic heterocycles. The first-order chi connectivity index (χ1) is 20.3. The molecule has 5 nitrogen and oxygen atoms in total. The molecule has 0 aliphatic carbocycles. The summed E-state index contributed by atoms with van der Waals surface area (Å²) in [5.41, 5.74) is 7.34. The van der Waals surface area contributed by atoms with Crippen molar-refractivity contribution in [2.75, 3.05) is 34.4 Å². The Morgan fingerprint density at radius 1 is 0.905 bits per heavy atom. The Bertz CT molecular complexity index is 1470. The fourth-order valence-corrected chi connectivity index (χ4v) is 6.77. The van der Waals surface area contributed by atoms with Crippen LogP contribution in [0.5, 0.6) is 17.2 Å². The first-order valence-electron chi connectivity index (χ1n) is 14.9. The summed E-state index contributed by atoms with van der Waals surface area (Å²) in [4.78, 5) is 7.66. The van der Waals surface area contributed by atoms with E-state index < -0.39 is 0 Å². The van der Waals surface area contributed by atoms with Gasteiger partial charge in [-0.15, -0.1) is 11.3 Å². The van der Waals surface area contributed by atoms with Crippen molar-refractivity contribution in [3.8, 4) is 38.9 Å². The average Bonchev–Trinajstić information content (AvgIpc) is 3.47. The van der Waals surface area contributed by atoms with E-state index in [0.29, 0.717) is 17.2 Å². The molecular weight excluding hydrogens is 540 g/mol. The molecule has 1 atom stereocenters. The summed E-state index contributed by atoms with van der Waals surface area (Å²) in [5, 5.41) is 3.26. The van der Waals surface area contributed by atoms with Crippen molar-refractivity contribution in [3.63, 3.8) is 0 Å². The highest BCUT2D eigenvalue weighted by atomic mass is 32.1. The van der Waals surface area contributed by atoms with Gasteiger partial charge in [0.1, 0.15) is 5.01 Å². The van der Waals surface area contributed by atoms with Crippen LogP contribution in [0, 0.1) is 5.92 Å². The molecule has 0 radical (unpaired) electrons. The number of nitrogens with zero attached hydrogens (tertiary/aromatic N) is 2. The minimum atomic E-state index is 0.207. The molecular formula is C36H44N2O3S. The van der Waals surface area contributed by atoms with Gasteiger partial charge in [-0.25, -0.2) is 4.98 Å². The zero-order chi connectivity index (χ0) is 29.7. The topological polar surface area (TPSA) is 43.8 Å². The summed E-state index contributed by atoms with van der Waals surface area (Å²) in [7, 11) is 4.93. The molecule has 1 fully saturated rings. The minimum absolute atomic E-state index is 0.207. The Labute approximate surface area is 255 Å². The van der Waals surface area contributed by atoms with Crippen molar-refractivity contribution in [2.45, 2.75) is 58.4 Å². The van der Waals surface area contributed by atoms with E-state index >= 15 is 0 Å². The molecule has 4 aromatic rings. The van der Waals surface area contributed by atoms with Crippen molar-refractivity contribution in [1.29, 1.82) is 0 Å². The summed E-state index contributed by atoms with van der Waals surface area (Å²) < 4.78 is 16.8. The average molecular weight is 585 g/mol.